The van der Waals surface area contributed by atoms with Gasteiger partial charge < -0.3 is 10.4 Å². The van der Waals surface area contributed by atoms with Gasteiger partial charge in [-0.1, -0.05) is 33.1 Å². The molecule has 2 N–H and O–H groups in total. The van der Waals surface area contributed by atoms with Crippen molar-refractivity contribution in [3.05, 3.63) is 0 Å². The predicted octanol–water partition coefficient (Wildman–Crippen LogP) is 3.10. The fourth-order valence-electron chi connectivity index (χ4n) is 4.07. The third-order valence-corrected chi connectivity index (χ3v) is 4.80. The number of aliphatic hydroxyl groups is 1. The molecule has 0 aromatic rings. The number of rotatable bonds is 3. The smallest absolute Gasteiger partial charge is 0.0613 e. The first-order valence-electron chi connectivity index (χ1n) is 7.52. The fraction of sp³-hybridized carbons (Fsp3) is 1.00. The summed E-state index contributed by atoms with van der Waals surface area (Å²) in [4.78, 5) is 0. The number of nitrogens with one attached hydrogen (secondary N) is 1. The summed E-state index contributed by atoms with van der Waals surface area (Å²) in [7, 11) is 0. The molecule has 2 rings (SSSR count). The van der Waals surface area contributed by atoms with Crippen LogP contribution in [0.2, 0.25) is 0 Å². The van der Waals surface area contributed by atoms with E-state index in [1.165, 1.54) is 51.4 Å². The zero-order valence-corrected chi connectivity index (χ0v) is 11.5. The van der Waals surface area contributed by atoms with Gasteiger partial charge in [-0.05, 0) is 43.9 Å². The maximum atomic E-state index is 9.74. The summed E-state index contributed by atoms with van der Waals surface area (Å²) in [6, 6.07) is 0.638. The second kappa shape index (κ2) is 5.71. The maximum Gasteiger partial charge on any atom is 0.0613 e. The van der Waals surface area contributed by atoms with Crippen molar-refractivity contribution >= 4 is 0 Å². The molecule has 0 aromatic heterocycles. The van der Waals surface area contributed by atoms with E-state index in [0.717, 1.165) is 11.8 Å². The molecule has 0 amide bonds. The molecule has 0 bridgehead atoms. The SMILES string of the molecule is CC1CC(C)CC(NC2(CO)CCCCC2)C1. The largest absolute Gasteiger partial charge is 0.394 e. The van der Waals surface area contributed by atoms with Crippen molar-refractivity contribution in [3.8, 4) is 0 Å². The van der Waals surface area contributed by atoms with E-state index in [4.69, 9.17) is 0 Å². The van der Waals surface area contributed by atoms with Gasteiger partial charge in [-0.15, -0.1) is 0 Å². The monoisotopic (exact) mass is 239 g/mol. The van der Waals surface area contributed by atoms with Gasteiger partial charge in [0.15, 0.2) is 0 Å². The third-order valence-electron chi connectivity index (χ3n) is 4.80. The molecule has 0 radical (unpaired) electrons. The Balaban J connectivity index is 1.93. The zero-order chi connectivity index (χ0) is 12.3. The summed E-state index contributed by atoms with van der Waals surface area (Å²) in [5.41, 5.74) is 0.0553. The average Bonchev–Trinajstić information content (AvgIpc) is 2.29. The van der Waals surface area contributed by atoms with Crippen molar-refractivity contribution in [2.75, 3.05) is 6.61 Å². The first-order chi connectivity index (χ1) is 8.13. The molecule has 2 nitrogen and oxygen atoms in total. The third kappa shape index (κ3) is 3.45. The molecule has 100 valence electrons. The lowest BCUT2D eigenvalue weighted by atomic mass is 9.77. The van der Waals surface area contributed by atoms with Crippen LogP contribution in [-0.4, -0.2) is 23.3 Å². The van der Waals surface area contributed by atoms with Crippen molar-refractivity contribution in [3.63, 3.8) is 0 Å². The highest BCUT2D eigenvalue weighted by Gasteiger charge is 2.35. The number of aliphatic hydroxyl groups excluding tert-OH is 1. The lowest BCUT2D eigenvalue weighted by Crippen LogP contribution is -2.55. The minimum absolute atomic E-state index is 0.0553. The zero-order valence-electron chi connectivity index (χ0n) is 11.5. The minimum atomic E-state index is 0.0553. The van der Waals surface area contributed by atoms with Gasteiger partial charge in [0.25, 0.3) is 0 Å². The van der Waals surface area contributed by atoms with Crippen LogP contribution in [0.3, 0.4) is 0 Å². The molecule has 2 saturated carbocycles. The summed E-state index contributed by atoms with van der Waals surface area (Å²) in [6.07, 6.45) is 10.2. The van der Waals surface area contributed by atoms with Crippen LogP contribution in [-0.2, 0) is 0 Å². The molecule has 0 spiro atoms. The van der Waals surface area contributed by atoms with E-state index in [2.05, 4.69) is 19.2 Å². The van der Waals surface area contributed by atoms with Gasteiger partial charge in [-0.2, -0.15) is 0 Å². The summed E-state index contributed by atoms with van der Waals surface area (Å²) in [5, 5.41) is 13.6. The Morgan fingerprint density at radius 3 is 2.12 bits per heavy atom. The Morgan fingerprint density at radius 1 is 1.00 bits per heavy atom. The lowest BCUT2D eigenvalue weighted by Gasteiger charge is -2.43. The normalized spacial score (nSPS) is 37.9. The lowest BCUT2D eigenvalue weighted by molar-refractivity contribution is 0.0896. The molecule has 0 heterocycles. The molecule has 2 atom stereocenters. The van der Waals surface area contributed by atoms with Crippen molar-refractivity contribution < 1.29 is 5.11 Å². The highest BCUT2D eigenvalue weighted by atomic mass is 16.3. The molecule has 0 aliphatic heterocycles. The van der Waals surface area contributed by atoms with Gasteiger partial charge in [0, 0.05) is 11.6 Å². The molecule has 2 aliphatic carbocycles. The van der Waals surface area contributed by atoms with E-state index < -0.39 is 0 Å². The molecular formula is C15H29NO. The first-order valence-corrected chi connectivity index (χ1v) is 7.52. The van der Waals surface area contributed by atoms with Gasteiger partial charge >= 0.3 is 0 Å². The van der Waals surface area contributed by atoms with E-state index in [1.807, 2.05) is 0 Å². The quantitative estimate of drug-likeness (QED) is 0.793. The second-order valence-electron chi connectivity index (χ2n) is 6.76. The van der Waals surface area contributed by atoms with Crippen LogP contribution in [0.25, 0.3) is 0 Å². The maximum absolute atomic E-state index is 9.74. The molecule has 0 aromatic carbocycles. The Labute approximate surface area is 106 Å². The molecule has 2 heteroatoms. The van der Waals surface area contributed by atoms with Crippen LogP contribution in [0.1, 0.15) is 65.2 Å². The highest BCUT2D eigenvalue weighted by molar-refractivity contribution is 4.94. The van der Waals surface area contributed by atoms with Crippen LogP contribution in [0, 0.1) is 11.8 Å². The van der Waals surface area contributed by atoms with E-state index in [1.54, 1.807) is 0 Å². The van der Waals surface area contributed by atoms with Gasteiger partial charge in [0.1, 0.15) is 0 Å². The highest BCUT2D eigenvalue weighted by Crippen LogP contribution is 2.33. The molecule has 0 saturated heterocycles. The van der Waals surface area contributed by atoms with E-state index in [9.17, 15) is 5.11 Å². The fourth-order valence-corrected chi connectivity index (χ4v) is 4.07. The van der Waals surface area contributed by atoms with Crippen molar-refractivity contribution in [2.24, 2.45) is 11.8 Å². The molecule has 17 heavy (non-hydrogen) atoms. The standard InChI is InChI=1S/C15H29NO/c1-12-8-13(2)10-14(9-12)16-15(11-17)6-4-3-5-7-15/h12-14,16-17H,3-11H2,1-2H3. The van der Waals surface area contributed by atoms with Crippen LogP contribution in [0.5, 0.6) is 0 Å². The predicted molar refractivity (Wildman–Crippen MR) is 72.0 cm³/mol. The molecular weight excluding hydrogens is 210 g/mol. The Kier molecular flexibility index (Phi) is 4.48. The van der Waals surface area contributed by atoms with Crippen LogP contribution < -0.4 is 5.32 Å². The van der Waals surface area contributed by atoms with E-state index in [0.29, 0.717) is 12.6 Å². The van der Waals surface area contributed by atoms with Crippen LogP contribution >= 0.6 is 0 Å². The van der Waals surface area contributed by atoms with Crippen molar-refractivity contribution in [1.82, 2.24) is 5.32 Å². The van der Waals surface area contributed by atoms with Crippen LogP contribution in [0.15, 0.2) is 0 Å². The molecule has 2 unspecified atom stereocenters. The molecule has 2 fully saturated rings. The van der Waals surface area contributed by atoms with Gasteiger partial charge in [-0.25, -0.2) is 0 Å². The second-order valence-corrected chi connectivity index (χ2v) is 6.76. The number of hydrogen-bond acceptors (Lipinski definition) is 2. The first kappa shape index (κ1) is 13.4. The summed E-state index contributed by atoms with van der Waals surface area (Å²) < 4.78 is 0. The van der Waals surface area contributed by atoms with E-state index in [-0.39, 0.29) is 5.54 Å². The summed E-state index contributed by atoms with van der Waals surface area (Å²) >= 11 is 0. The van der Waals surface area contributed by atoms with Gasteiger partial charge in [-0.3, -0.25) is 0 Å². The van der Waals surface area contributed by atoms with Crippen molar-refractivity contribution in [1.29, 1.82) is 0 Å². The summed E-state index contributed by atoms with van der Waals surface area (Å²) in [6.45, 7) is 5.07. The average molecular weight is 239 g/mol. The molecule has 2 aliphatic rings. The van der Waals surface area contributed by atoms with Gasteiger partial charge in [0.2, 0.25) is 0 Å². The Morgan fingerprint density at radius 2 is 1.59 bits per heavy atom. The van der Waals surface area contributed by atoms with Crippen LogP contribution in [0.4, 0.5) is 0 Å². The summed E-state index contributed by atoms with van der Waals surface area (Å²) in [5.74, 6) is 1.69. The Bertz CT molecular complexity index is 225. The minimum Gasteiger partial charge on any atom is -0.394 e. The number of hydrogen-bond donors (Lipinski definition) is 2. The Hall–Kier alpha value is -0.0800. The van der Waals surface area contributed by atoms with Gasteiger partial charge in [0.05, 0.1) is 6.61 Å². The topological polar surface area (TPSA) is 32.3 Å². The van der Waals surface area contributed by atoms with E-state index >= 15 is 0 Å². The van der Waals surface area contributed by atoms with Crippen molar-refractivity contribution in [2.45, 2.75) is 76.8 Å².